The standard InChI is InChI=1S/C18H34S2/c1-2-3-4-5-6-7-8-9-10-11-12-13-14-15-16-17-18(19)20/h9-10H,2-8,11-17H2,1H3,(H,19,20)/b10-9-. The van der Waals surface area contributed by atoms with Crippen LogP contribution >= 0.6 is 24.8 Å². The molecule has 0 unspecified atom stereocenters. The van der Waals surface area contributed by atoms with Crippen LogP contribution in [0, 0.1) is 0 Å². The number of allylic oxidation sites excluding steroid dienone is 2. The van der Waals surface area contributed by atoms with Gasteiger partial charge in [0.05, 0.1) is 0 Å². The first kappa shape index (κ1) is 20.2. The van der Waals surface area contributed by atoms with E-state index in [-0.39, 0.29) is 0 Å². The van der Waals surface area contributed by atoms with Crippen LogP contribution in [0.4, 0.5) is 0 Å². The van der Waals surface area contributed by atoms with Gasteiger partial charge >= 0.3 is 0 Å². The molecular weight excluding hydrogens is 280 g/mol. The summed E-state index contributed by atoms with van der Waals surface area (Å²) in [5.74, 6) is 0. The first-order valence-corrected chi connectivity index (χ1v) is 9.49. The van der Waals surface area contributed by atoms with Crippen LogP contribution in [0.15, 0.2) is 12.2 Å². The third kappa shape index (κ3) is 18.2. The lowest BCUT2D eigenvalue weighted by molar-refractivity contribution is 0.610. The van der Waals surface area contributed by atoms with Crippen molar-refractivity contribution in [3.63, 3.8) is 0 Å². The predicted molar refractivity (Wildman–Crippen MR) is 101 cm³/mol. The highest BCUT2D eigenvalue weighted by atomic mass is 32.1. The highest BCUT2D eigenvalue weighted by molar-refractivity contribution is 8.11. The van der Waals surface area contributed by atoms with Crippen LogP contribution in [0.3, 0.4) is 0 Å². The molecule has 2 heteroatoms. The van der Waals surface area contributed by atoms with Crippen LogP contribution in [0.5, 0.6) is 0 Å². The van der Waals surface area contributed by atoms with Gasteiger partial charge in [0.2, 0.25) is 0 Å². The molecule has 0 saturated carbocycles. The van der Waals surface area contributed by atoms with E-state index in [1.807, 2.05) is 0 Å². The third-order valence-electron chi connectivity index (χ3n) is 3.65. The number of thiol groups is 1. The molecule has 0 aliphatic carbocycles. The zero-order chi connectivity index (χ0) is 14.9. The van der Waals surface area contributed by atoms with Crippen LogP contribution < -0.4 is 0 Å². The predicted octanol–water partition coefficient (Wildman–Crippen LogP) is 7.28. The van der Waals surface area contributed by atoms with E-state index in [0.29, 0.717) is 0 Å². The molecule has 0 aliphatic heterocycles. The number of rotatable bonds is 15. The van der Waals surface area contributed by atoms with E-state index in [9.17, 15) is 0 Å². The summed E-state index contributed by atoms with van der Waals surface area (Å²) in [7, 11) is 0. The van der Waals surface area contributed by atoms with Crippen molar-refractivity contribution in [1.82, 2.24) is 0 Å². The molecule has 0 atom stereocenters. The summed E-state index contributed by atoms with van der Waals surface area (Å²) >= 11 is 9.09. The zero-order valence-corrected chi connectivity index (χ0v) is 15.1. The zero-order valence-electron chi connectivity index (χ0n) is 13.4. The van der Waals surface area contributed by atoms with Gasteiger partial charge in [-0.1, -0.05) is 82.7 Å². The molecule has 0 nitrogen and oxygen atoms in total. The molecule has 0 spiro atoms. The first-order chi connectivity index (χ1) is 9.77. The molecule has 20 heavy (non-hydrogen) atoms. The number of thiocarbonyl (C=S) groups is 1. The van der Waals surface area contributed by atoms with Gasteiger partial charge in [0.15, 0.2) is 0 Å². The summed E-state index contributed by atoms with van der Waals surface area (Å²) in [6, 6.07) is 0. The molecule has 0 aliphatic rings. The Balaban J connectivity index is 3.07. The van der Waals surface area contributed by atoms with Gasteiger partial charge in [0, 0.05) is 4.20 Å². The van der Waals surface area contributed by atoms with Crippen LogP contribution in [-0.2, 0) is 0 Å². The normalized spacial score (nSPS) is 11.3. The largest absolute Gasteiger partial charge is 0.136 e. The molecule has 0 radical (unpaired) electrons. The van der Waals surface area contributed by atoms with E-state index in [0.717, 1.165) is 10.6 Å². The number of hydrogen-bond acceptors (Lipinski definition) is 1. The van der Waals surface area contributed by atoms with Gasteiger partial charge in [0.1, 0.15) is 0 Å². The molecule has 0 saturated heterocycles. The Morgan fingerprint density at radius 3 is 1.70 bits per heavy atom. The average Bonchev–Trinajstić information content (AvgIpc) is 2.43. The van der Waals surface area contributed by atoms with Gasteiger partial charge in [-0.2, -0.15) is 0 Å². The van der Waals surface area contributed by atoms with Gasteiger partial charge in [-0.15, -0.1) is 12.6 Å². The molecule has 118 valence electrons. The Kier molecular flexibility index (Phi) is 17.4. The molecule has 0 N–H and O–H groups in total. The summed E-state index contributed by atoms with van der Waals surface area (Å²) in [5, 5.41) is 0. The summed E-state index contributed by atoms with van der Waals surface area (Å²) in [6.45, 7) is 2.28. The third-order valence-corrected chi connectivity index (χ3v) is 4.08. The van der Waals surface area contributed by atoms with Crippen LogP contribution in [0.25, 0.3) is 0 Å². The Morgan fingerprint density at radius 2 is 1.20 bits per heavy atom. The fourth-order valence-electron chi connectivity index (χ4n) is 2.35. The van der Waals surface area contributed by atoms with Crippen LogP contribution in [0.1, 0.15) is 96.8 Å². The molecule has 0 fully saturated rings. The topological polar surface area (TPSA) is 0 Å². The second-order valence-electron chi connectivity index (χ2n) is 5.73. The fourth-order valence-corrected chi connectivity index (χ4v) is 2.65. The second kappa shape index (κ2) is 17.2. The minimum atomic E-state index is 0.864. The maximum Gasteiger partial charge on any atom is 0.0448 e. The summed E-state index contributed by atoms with van der Waals surface area (Å²) < 4.78 is 0.864. The quantitative estimate of drug-likeness (QED) is 0.143. The Bertz CT molecular complexity index is 234. The van der Waals surface area contributed by atoms with Gasteiger partial charge in [-0.3, -0.25) is 0 Å². The van der Waals surface area contributed by atoms with E-state index in [1.165, 1.54) is 83.5 Å². The fraction of sp³-hybridized carbons (Fsp3) is 0.833. The van der Waals surface area contributed by atoms with Crippen molar-refractivity contribution in [3.8, 4) is 0 Å². The second-order valence-corrected chi connectivity index (χ2v) is 7.06. The smallest absolute Gasteiger partial charge is 0.0448 e. The lowest BCUT2D eigenvalue weighted by atomic mass is 10.1. The monoisotopic (exact) mass is 314 g/mol. The van der Waals surface area contributed by atoms with Gasteiger partial charge < -0.3 is 0 Å². The maximum absolute atomic E-state index is 4.95. The molecular formula is C18H34S2. The highest BCUT2D eigenvalue weighted by Gasteiger charge is 1.92. The van der Waals surface area contributed by atoms with Gasteiger partial charge in [0.25, 0.3) is 0 Å². The van der Waals surface area contributed by atoms with Crippen molar-refractivity contribution >= 4 is 29.0 Å². The van der Waals surface area contributed by atoms with Crippen molar-refractivity contribution in [2.45, 2.75) is 96.8 Å². The van der Waals surface area contributed by atoms with E-state index in [1.54, 1.807) is 0 Å². The summed E-state index contributed by atoms with van der Waals surface area (Å²) in [6.07, 6.45) is 23.3. The molecule has 0 aromatic carbocycles. The SMILES string of the molecule is CCCCCCCC/C=C\CCCCCCCC(=S)S. The first-order valence-electron chi connectivity index (χ1n) is 8.64. The Hall–Kier alpha value is 0.180. The maximum atomic E-state index is 4.95. The Morgan fingerprint density at radius 1 is 0.750 bits per heavy atom. The van der Waals surface area contributed by atoms with Crippen molar-refractivity contribution < 1.29 is 0 Å². The minimum Gasteiger partial charge on any atom is -0.136 e. The molecule has 0 aromatic rings. The highest BCUT2D eigenvalue weighted by Crippen LogP contribution is 2.10. The van der Waals surface area contributed by atoms with Crippen LogP contribution in [0.2, 0.25) is 0 Å². The van der Waals surface area contributed by atoms with E-state index in [4.69, 9.17) is 12.2 Å². The lowest BCUT2D eigenvalue weighted by Gasteiger charge is -1.99. The van der Waals surface area contributed by atoms with Gasteiger partial charge in [-0.25, -0.2) is 0 Å². The van der Waals surface area contributed by atoms with Gasteiger partial charge in [-0.05, 0) is 38.5 Å². The van der Waals surface area contributed by atoms with Crippen molar-refractivity contribution in [2.75, 3.05) is 0 Å². The lowest BCUT2D eigenvalue weighted by Crippen LogP contribution is -1.84. The summed E-state index contributed by atoms with van der Waals surface area (Å²) in [5.41, 5.74) is 0. The van der Waals surface area contributed by atoms with Crippen molar-refractivity contribution in [1.29, 1.82) is 0 Å². The minimum absolute atomic E-state index is 0.864. The molecule has 0 aromatic heterocycles. The molecule has 0 heterocycles. The molecule has 0 rings (SSSR count). The average molecular weight is 315 g/mol. The number of hydrogen-bond donors (Lipinski definition) is 1. The van der Waals surface area contributed by atoms with E-state index in [2.05, 4.69) is 31.7 Å². The Labute approximate surface area is 138 Å². The van der Waals surface area contributed by atoms with Crippen molar-refractivity contribution in [2.24, 2.45) is 0 Å². The van der Waals surface area contributed by atoms with E-state index >= 15 is 0 Å². The summed E-state index contributed by atoms with van der Waals surface area (Å²) in [4.78, 5) is 0. The number of unbranched alkanes of at least 4 members (excludes halogenated alkanes) is 11. The molecule has 0 bridgehead atoms. The van der Waals surface area contributed by atoms with E-state index < -0.39 is 0 Å². The van der Waals surface area contributed by atoms with Crippen molar-refractivity contribution in [3.05, 3.63) is 12.2 Å². The van der Waals surface area contributed by atoms with Crippen LogP contribution in [-0.4, -0.2) is 4.20 Å². The molecule has 0 amide bonds.